The molecule has 12 heteroatoms. The van der Waals surface area contributed by atoms with Gasteiger partial charge in [-0.1, -0.05) is 273 Å². The van der Waals surface area contributed by atoms with Crippen LogP contribution in [0.15, 0.2) is 361 Å². The molecule has 542 valence electrons. The minimum atomic E-state index is -0.498. The van der Waals surface area contributed by atoms with Crippen molar-refractivity contribution in [3.63, 3.8) is 0 Å². The Kier molecular flexibility index (Phi) is 16.3. The van der Waals surface area contributed by atoms with Crippen LogP contribution in [0.2, 0.25) is 5.28 Å². The summed E-state index contributed by atoms with van der Waals surface area (Å²) in [6, 6.07) is 123. The van der Waals surface area contributed by atoms with Gasteiger partial charge in [0.25, 0.3) is 0 Å². The highest BCUT2D eigenvalue weighted by Crippen LogP contribution is 2.45. The van der Waals surface area contributed by atoms with Crippen molar-refractivity contribution in [3.05, 3.63) is 357 Å². The molecule has 10 nitrogen and oxygen atoms in total. The van der Waals surface area contributed by atoms with Crippen LogP contribution in [0, 0.1) is 0 Å². The van der Waals surface area contributed by atoms with Crippen LogP contribution >= 0.6 is 11.6 Å². The molecule has 0 amide bonds. The number of furan rings is 2. The zero-order valence-corrected chi connectivity index (χ0v) is 63.5. The topological polar surface area (TPSA) is 106 Å². The Morgan fingerprint density at radius 1 is 0.289 bits per heavy atom. The first-order valence-electron chi connectivity index (χ1n) is 38.5. The monoisotopic (exact) mass is 1490 g/mol. The first kappa shape index (κ1) is 68.2. The van der Waals surface area contributed by atoms with Gasteiger partial charge in [-0.05, 0) is 146 Å². The Morgan fingerprint density at radius 2 is 0.667 bits per heavy atom. The van der Waals surface area contributed by atoms with Crippen molar-refractivity contribution in [2.24, 2.45) is 0 Å². The maximum Gasteiger partial charge on any atom is 0.494 e. The predicted octanol–water partition coefficient (Wildman–Crippen LogP) is 26.5. The number of para-hydroxylation sites is 8. The van der Waals surface area contributed by atoms with Crippen molar-refractivity contribution in [1.29, 1.82) is 0 Å². The minimum absolute atomic E-state index is 0.276. The molecule has 0 unspecified atom stereocenters. The summed E-state index contributed by atoms with van der Waals surface area (Å²) < 4.78 is 30.9. The molecule has 0 bridgehead atoms. The molecule has 0 N–H and O–H groups in total. The zero-order chi connectivity index (χ0) is 76.3. The fraction of sp³-hybridized carbons (Fsp3) is 0.0588. The maximum atomic E-state index is 6.60. The molecule has 6 aromatic heterocycles. The molecule has 1 saturated heterocycles. The van der Waals surface area contributed by atoms with E-state index < -0.39 is 18.3 Å². The summed E-state index contributed by atoms with van der Waals surface area (Å²) in [7, 11) is -0.498. The van der Waals surface area contributed by atoms with Crippen LogP contribution in [0.3, 0.4) is 0 Å². The van der Waals surface area contributed by atoms with E-state index in [1.807, 2.05) is 72.8 Å². The number of hydrogen-bond donors (Lipinski definition) is 0. The van der Waals surface area contributed by atoms with Crippen molar-refractivity contribution < 1.29 is 18.1 Å². The van der Waals surface area contributed by atoms with Crippen molar-refractivity contribution in [2.75, 3.05) is 0 Å². The zero-order valence-electron chi connectivity index (χ0n) is 62.8. The number of rotatable bonds is 8. The van der Waals surface area contributed by atoms with Crippen LogP contribution < -0.4 is 5.46 Å². The van der Waals surface area contributed by atoms with Gasteiger partial charge < -0.3 is 27.3 Å². The van der Waals surface area contributed by atoms with Crippen molar-refractivity contribution in [3.8, 4) is 67.5 Å². The molecule has 1 aliphatic rings. The van der Waals surface area contributed by atoms with Gasteiger partial charge in [-0.15, -0.1) is 0 Å². The van der Waals surface area contributed by atoms with E-state index in [1.165, 1.54) is 21.5 Å². The fourth-order valence-electron chi connectivity index (χ4n) is 16.9. The van der Waals surface area contributed by atoms with Crippen molar-refractivity contribution in [1.82, 2.24) is 29.1 Å². The lowest BCUT2D eigenvalue weighted by molar-refractivity contribution is 0.00578. The molecule has 0 aliphatic carbocycles. The SMILES string of the molecule is CC1(C)OB(c2cc(-c3cccc4c3oc3ccccc34)cc(-n3c4ccccc4c4ccccc43)c2)OC1(C)C.Clc1nc(-c2ccccc2)c2ccc3ccccc3c2n1.c1ccc(-c2nc(-c3cc(-c4cccc5c4oc4ccccc45)cc(-n4c5ccccc5c5ccccc54)c3)nc3c2ccc2ccccc23)cc1. The van der Waals surface area contributed by atoms with E-state index in [1.54, 1.807) is 0 Å². The molecule has 1 aliphatic heterocycles. The summed E-state index contributed by atoms with van der Waals surface area (Å²) in [6.45, 7) is 8.39. The van der Waals surface area contributed by atoms with Crippen molar-refractivity contribution in [2.45, 2.75) is 38.9 Å². The minimum Gasteiger partial charge on any atom is -0.455 e. The second-order valence-electron chi connectivity index (χ2n) is 30.3. The Labute approximate surface area is 661 Å². The van der Waals surface area contributed by atoms with Crippen LogP contribution in [0.4, 0.5) is 0 Å². The van der Waals surface area contributed by atoms with Crippen molar-refractivity contribution >= 4 is 155 Å². The number of aromatic nitrogens is 6. The van der Waals surface area contributed by atoms with Gasteiger partial charge in [0.1, 0.15) is 22.3 Å². The molecule has 114 heavy (non-hydrogen) atoms. The fourth-order valence-corrected chi connectivity index (χ4v) is 17.0. The van der Waals surface area contributed by atoms with Gasteiger partial charge in [0, 0.05) is 104 Å². The average molecular weight is 1490 g/mol. The van der Waals surface area contributed by atoms with E-state index in [-0.39, 0.29) is 5.28 Å². The van der Waals surface area contributed by atoms with Gasteiger partial charge in [-0.25, -0.2) is 19.9 Å². The van der Waals surface area contributed by atoms with E-state index in [2.05, 4.69) is 326 Å². The van der Waals surface area contributed by atoms with E-state index in [0.717, 1.165) is 176 Å². The lowest BCUT2D eigenvalue weighted by atomic mass is 9.77. The van der Waals surface area contributed by atoms with Crippen LogP contribution in [-0.2, 0) is 9.31 Å². The molecule has 0 saturated carbocycles. The third kappa shape index (κ3) is 11.6. The summed E-state index contributed by atoms with van der Waals surface area (Å²) in [5, 5.41) is 16.1. The predicted molar refractivity (Wildman–Crippen MR) is 472 cm³/mol. The average Bonchev–Trinajstić information content (AvgIpc) is 1.54. The standard InChI is InChI=1S/C48H29N3O.C36H30BNO3.C18H11ClN2/c1-2-14-31(15-3-1)45-41-26-25-30-13-4-5-16-35(30)46(41)50-48(49-45)33-27-32(36-20-12-21-40-39-19-8-11-24-44(39)52-47(36)40)28-34(29-33)51-42-22-9-6-17-37(42)38-18-7-10-23-43(38)51;1-35(2)36(3,4)41-37(40-35)24-20-23(26-15-11-16-30-29-14-7-10-19-33(29)39-34(26)30)21-25(22-24)38-31-17-8-5-12-27(31)28-13-6-9-18-32(28)38;19-18-20-16(13-7-2-1-3-8-13)15-11-10-12-6-4-5-9-14(12)17(15)21-18/h1-29H;5-22H,1-4H3;1-11H. The van der Waals surface area contributed by atoms with E-state index in [9.17, 15) is 0 Å². The van der Waals surface area contributed by atoms with E-state index in [0.29, 0.717) is 5.82 Å². The highest BCUT2D eigenvalue weighted by Gasteiger charge is 2.52. The molecule has 23 rings (SSSR count). The molecular weight excluding hydrogens is 1420 g/mol. The normalized spacial score (nSPS) is 13.4. The highest BCUT2D eigenvalue weighted by molar-refractivity contribution is 6.62. The molecular formula is C102H70BClN6O4. The summed E-state index contributed by atoms with van der Waals surface area (Å²) in [5.74, 6) is 0.670. The maximum absolute atomic E-state index is 6.60. The number of benzene rings is 16. The quantitative estimate of drug-likeness (QED) is 0.0841. The van der Waals surface area contributed by atoms with Gasteiger partial charge in [0.2, 0.25) is 5.28 Å². The first-order valence-corrected chi connectivity index (χ1v) is 38.9. The molecule has 0 radical (unpaired) electrons. The van der Waals surface area contributed by atoms with Gasteiger partial charge in [0.15, 0.2) is 5.82 Å². The van der Waals surface area contributed by atoms with Crippen LogP contribution in [0.5, 0.6) is 0 Å². The lowest BCUT2D eigenvalue weighted by Crippen LogP contribution is -2.41. The van der Waals surface area contributed by atoms with E-state index >= 15 is 0 Å². The lowest BCUT2D eigenvalue weighted by Gasteiger charge is -2.32. The third-order valence-corrected chi connectivity index (χ3v) is 23.2. The number of hydrogen-bond acceptors (Lipinski definition) is 8. The first-order chi connectivity index (χ1) is 55.9. The van der Waals surface area contributed by atoms with Crippen LogP contribution in [-0.4, -0.2) is 47.4 Å². The molecule has 22 aromatic rings. The highest BCUT2D eigenvalue weighted by atomic mass is 35.5. The molecule has 16 aromatic carbocycles. The second-order valence-corrected chi connectivity index (χ2v) is 30.6. The van der Waals surface area contributed by atoms with Crippen LogP contribution in [0.1, 0.15) is 27.7 Å². The van der Waals surface area contributed by atoms with Gasteiger partial charge in [-0.2, -0.15) is 0 Å². The Hall–Kier alpha value is -13.8. The summed E-state index contributed by atoms with van der Waals surface area (Å²) >= 11 is 6.15. The molecule has 0 atom stereocenters. The molecule has 0 spiro atoms. The third-order valence-electron chi connectivity index (χ3n) is 23.0. The Bertz CT molecular complexity index is 7490. The summed E-state index contributed by atoms with van der Waals surface area (Å²) in [4.78, 5) is 19.7. The molecule has 1 fully saturated rings. The van der Waals surface area contributed by atoms with E-state index in [4.69, 9.17) is 39.7 Å². The Morgan fingerprint density at radius 3 is 1.15 bits per heavy atom. The number of halogens is 1. The Balaban J connectivity index is 0.000000117. The summed E-state index contributed by atoms with van der Waals surface area (Å²) in [6.07, 6.45) is 0. The number of fused-ring (bicyclic) bond motifs is 18. The second kappa shape index (κ2) is 27.3. The molecule has 7 heterocycles. The van der Waals surface area contributed by atoms with Gasteiger partial charge in [0.05, 0.1) is 55.7 Å². The van der Waals surface area contributed by atoms with Gasteiger partial charge in [-0.3, -0.25) is 0 Å². The largest absolute Gasteiger partial charge is 0.494 e. The summed E-state index contributed by atoms with van der Waals surface area (Å²) in [5.41, 5.74) is 21.1. The smallest absolute Gasteiger partial charge is 0.455 e. The number of nitrogens with zero attached hydrogens (tertiary/aromatic N) is 6. The van der Waals surface area contributed by atoms with Gasteiger partial charge >= 0.3 is 7.12 Å². The van der Waals surface area contributed by atoms with Crippen LogP contribution in [0.25, 0.3) is 198 Å².